The summed E-state index contributed by atoms with van der Waals surface area (Å²) in [4.78, 5) is 3.04. The second-order valence-electron chi connectivity index (χ2n) is 3.77. The van der Waals surface area contributed by atoms with Crippen LogP contribution in [-0.4, -0.2) is 25.8 Å². The molecular weight excluding hydrogens is 252 g/mol. The lowest BCUT2D eigenvalue weighted by atomic mass is 10.2. The number of hydrogen-bond donors (Lipinski definition) is 1. The number of benzene rings is 1. The van der Waals surface area contributed by atoms with Crippen molar-refractivity contribution in [3.05, 3.63) is 41.3 Å². The van der Waals surface area contributed by atoms with Gasteiger partial charge in [-0.15, -0.1) is 0 Å². The molecular formula is C12H14N2OS2. The summed E-state index contributed by atoms with van der Waals surface area (Å²) in [6.45, 7) is 0.676. The van der Waals surface area contributed by atoms with Crippen LogP contribution in [0.3, 0.4) is 0 Å². The van der Waals surface area contributed by atoms with E-state index in [2.05, 4.69) is 4.98 Å². The molecule has 0 spiro atoms. The largest absolute Gasteiger partial charge is 0.337 e. The van der Waals surface area contributed by atoms with Gasteiger partial charge in [-0.2, -0.15) is 0 Å². The van der Waals surface area contributed by atoms with Gasteiger partial charge in [-0.1, -0.05) is 30.3 Å². The topological polar surface area (TPSA) is 37.8 Å². The molecule has 0 aliphatic carbocycles. The van der Waals surface area contributed by atoms with Crippen LogP contribution < -0.4 is 0 Å². The first-order valence-corrected chi connectivity index (χ1v) is 7.45. The zero-order valence-electron chi connectivity index (χ0n) is 9.55. The highest BCUT2D eigenvalue weighted by atomic mass is 32.2. The van der Waals surface area contributed by atoms with E-state index >= 15 is 0 Å². The van der Waals surface area contributed by atoms with Gasteiger partial charge in [-0.25, -0.2) is 0 Å². The van der Waals surface area contributed by atoms with E-state index in [4.69, 9.17) is 12.2 Å². The number of imidazole rings is 1. The van der Waals surface area contributed by atoms with Crippen molar-refractivity contribution in [3.63, 3.8) is 0 Å². The lowest BCUT2D eigenvalue weighted by molar-refractivity contribution is 0.677. The number of H-pyrrole nitrogens is 1. The van der Waals surface area contributed by atoms with E-state index in [1.807, 2.05) is 41.1 Å². The van der Waals surface area contributed by atoms with E-state index in [9.17, 15) is 4.21 Å². The van der Waals surface area contributed by atoms with Crippen molar-refractivity contribution >= 4 is 23.0 Å². The van der Waals surface area contributed by atoms with E-state index in [0.717, 1.165) is 11.3 Å². The van der Waals surface area contributed by atoms with Crippen molar-refractivity contribution in [1.82, 2.24) is 9.55 Å². The lowest BCUT2D eigenvalue weighted by Gasteiger charge is -2.07. The molecule has 1 N–H and O–H groups in total. The number of nitrogens with one attached hydrogen (secondary N) is 1. The maximum atomic E-state index is 11.2. The summed E-state index contributed by atoms with van der Waals surface area (Å²) in [5.41, 5.74) is 2.16. The summed E-state index contributed by atoms with van der Waals surface area (Å²) in [5, 5.41) is 0. The SMILES string of the molecule is CS(=O)CCn1c(-c2ccccc2)c[nH]c1=S. The average Bonchev–Trinajstić information content (AvgIpc) is 2.69. The van der Waals surface area contributed by atoms with Crippen molar-refractivity contribution in [2.45, 2.75) is 6.54 Å². The minimum Gasteiger partial charge on any atom is -0.337 e. The molecule has 90 valence electrons. The molecule has 3 nitrogen and oxygen atoms in total. The predicted octanol–water partition coefficient (Wildman–Crippen LogP) is 2.59. The maximum Gasteiger partial charge on any atom is 0.177 e. The van der Waals surface area contributed by atoms with Gasteiger partial charge in [0.2, 0.25) is 0 Å². The Kier molecular flexibility index (Phi) is 3.91. The maximum absolute atomic E-state index is 11.2. The molecule has 0 saturated carbocycles. The van der Waals surface area contributed by atoms with Gasteiger partial charge in [0.05, 0.1) is 5.69 Å². The average molecular weight is 266 g/mol. The third kappa shape index (κ3) is 2.92. The van der Waals surface area contributed by atoms with Crippen LogP contribution in [-0.2, 0) is 17.3 Å². The first kappa shape index (κ1) is 12.3. The van der Waals surface area contributed by atoms with Crippen molar-refractivity contribution in [2.24, 2.45) is 0 Å². The van der Waals surface area contributed by atoms with Crippen molar-refractivity contribution in [1.29, 1.82) is 0 Å². The molecule has 1 heterocycles. The summed E-state index contributed by atoms with van der Waals surface area (Å²) in [6, 6.07) is 10.0. The molecule has 1 aromatic carbocycles. The van der Waals surface area contributed by atoms with Gasteiger partial charge in [0.25, 0.3) is 0 Å². The van der Waals surface area contributed by atoms with Crippen LogP contribution in [0.2, 0.25) is 0 Å². The molecule has 1 atom stereocenters. The smallest absolute Gasteiger partial charge is 0.177 e. The predicted molar refractivity (Wildman–Crippen MR) is 74.0 cm³/mol. The first-order valence-electron chi connectivity index (χ1n) is 5.32. The van der Waals surface area contributed by atoms with Crippen LogP contribution in [0, 0.1) is 4.77 Å². The number of nitrogens with zero attached hydrogens (tertiary/aromatic N) is 1. The normalized spacial score (nSPS) is 12.5. The molecule has 0 aliphatic heterocycles. The summed E-state index contributed by atoms with van der Waals surface area (Å²) in [5.74, 6) is 0.617. The molecule has 0 saturated heterocycles. The minimum absolute atomic E-state index is 0.617. The van der Waals surface area contributed by atoms with Crippen LogP contribution >= 0.6 is 12.2 Å². The van der Waals surface area contributed by atoms with Crippen molar-refractivity contribution < 1.29 is 4.21 Å². The van der Waals surface area contributed by atoms with E-state index < -0.39 is 10.8 Å². The van der Waals surface area contributed by atoms with Gasteiger partial charge in [-0.05, 0) is 17.8 Å². The molecule has 2 rings (SSSR count). The van der Waals surface area contributed by atoms with Gasteiger partial charge in [0, 0.05) is 35.5 Å². The second-order valence-corrected chi connectivity index (χ2v) is 5.72. The Labute approximate surface area is 108 Å². The summed E-state index contributed by atoms with van der Waals surface area (Å²) in [7, 11) is -0.804. The first-order chi connectivity index (χ1) is 8.18. The third-order valence-corrected chi connectivity index (χ3v) is 3.64. The molecule has 0 fully saturated rings. The van der Waals surface area contributed by atoms with Crippen LogP contribution in [0.4, 0.5) is 0 Å². The lowest BCUT2D eigenvalue weighted by Crippen LogP contribution is -2.07. The fourth-order valence-corrected chi connectivity index (χ4v) is 2.37. The Bertz CT molecular complexity index is 572. The molecule has 2 aromatic rings. The van der Waals surface area contributed by atoms with Gasteiger partial charge >= 0.3 is 0 Å². The quantitative estimate of drug-likeness (QED) is 0.864. The van der Waals surface area contributed by atoms with Gasteiger partial charge in [0.1, 0.15) is 0 Å². The van der Waals surface area contributed by atoms with E-state index in [1.165, 1.54) is 0 Å². The molecule has 0 radical (unpaired) electrons. The number of hydrogen-bond acceptors (Lipinski definition) is 2. The van der Waals surface area contributed by atoms with E-state index in [1.54, 1.807) is 6.26 Å². The fraction of sp³-hybridized carbons (Fsp3) is 0.250. The number of rotatable bonds is 4. The zero-order chi connectivity index (χ0) is 12.3. The van der Waals surface area contributed by atoms with Gasteiger partial charge in [-0.3, -0.25) is 4.21 Å². The van der Waals surface area contributed by atoms with E-state index in [0.29, 0.717) is 17.1 Å². The second kappa shape index (κ2) is 5.42. The van der Waals surface area contributed by atoms with Crippen LogP contribution in [0.5, 0.6) is 0 Å². The molecule has 17 heavy (non-hydrogen) atoms. The molecule has 0 bridgehead atoms. The molecule has 0 amide bonds. The molecule has 5 heteroatoms. The zero-order valence-corrected chi connectivity index (χ0v) is 11.2. The number of aromatic nitrogens is 2. The molecule has 1 aromatic heterocycles. The van der Waals surface area contributed by atoms with Crippen LogP contribution in [0.15, 0.2) is 36.5 Å². The Morgan fingerprint density at radius 3 is 2.71 bits per heavy atom. The standard InChI is InChI=1S/C12H14N2OS2/c1-17(15)8-7-14-11(9-13-12(14)16)10-5-3-2-4-6-10/h2-6,9H,7-8H2,1H3,(H,13,16). The highest BCUT2D eigenvalue weighted by Gasteiger charge is 2.06. The minimum atomic E-state index is -0.804. The fourth-order valence-electron chi connectivity index (χ4n) is 1.69. The third-order valence-electron chi connectivity index (χ3n) is 2.54. The van der Waals surface area contributed by atoms with Crippen molar-refractivity contribution in [2.75, 3.05) is 12.0 Å². The van der Waals surface area contributed by atoms with Gasteiger partial charge < -0.3 is 9.55 Å². The number of aromatic amines is 1. The summed E-state index contributed by atoms with van der Waals surface area (Å²) < 4.78 is 13.8. The van der Waals surface area contributed by atoms with Crippen LogP contribution in [0.1, 0.15) is 0 Å². The van der Waals surface area contributed by atoms with E-state index in [-0.39, 0.29) is 0 Å². The monoisotopic (exact) mass is 266 g/mol. The molecule has 0 aliphatic rings. The Balaban J connectivity index is 2.36. The summed E-state index contributed by atoms with van der Waals surface area (Å²) >= 11 is 5.23. The highest BCUT2D eigenvalue weighted by molar-refractivity contribution is 7.84. The summed E-state index contributed by atoms with van der Waals surface area (Å²) in [6.07, 6.45) is 3.61. The van der Waals surface area contributed by atoms with Crippen LogP contribution in [0.25, 0.3) is 11.3 Å². The van der Waals surface area contributed by atoms with Gasteiger partial charge in [0.15, 0.2) is 4.77 Å². The Hall–Kier alpha value is -1.20. The highest BCUT2D eigenvalue weighted by Crippen LogP contribution is 2.19. The molecule has 1 unspecified atom stereocenters. The Morgan fingerprint density at radius 1 is 1.35 bits per heavy atom. The van der Waals surface area contributed by atoms with Crippen molar-refractivity contribution in [3.8, 4) is 11.3 Å². The Morgan fingerprint density at radius 2 is 2.06 bits per heavy atom.